The first-order chi connectivity index (χ1) is 4.81. The molecule has 0 amide bonds. The highest BCUT2D eigenvalue weighted by atomic mass is 16.3. The average Bonchev–Trinajstić information content (AvgIpc) is 1.98. The van der Waals surface area contributed by atoms with Crippen molar-refractivity contribution in [3.63, 3.8) is 0 Å². The zero-order valence-electron chi connectivity index (χ0n) is 6.12. The van der Waals surface area contributed by atoms with Crippen LogP contribution >= 0.6 is 0 Å². The molecule has 10 heavy (non-hydrogen) atoms. The topological polar surface area (TPSA) is 20.2 Å². The lowest BCUT2D eigenvalue weighted by molar-refractivity contribution is 0.433. The summed E-state index contributed by atoms with van der Waals surface area (Å²) in [6, 6.07) is 0. The second-order valence-electron chi connectivity index (χ2n) is 1.71. The van der Waals surface area contributed by atoms with Crippen LogP contribution in [0, 0.1) is 0 Å². The first kappa shape index (κ1) is 8.76. The van der Waals surface area contributed by atoms with Gasteiger partial charge in [-0.1, -0.05) is 30.9 Å². The van der Waals surface area contributed by atoms with Gasteiger partial charge in [-0.15, -0.1) is 0 Å². The Morgan fingerprint density at radius 1 is 1.30 bits per heavy atom. The molecule has 0 radical (unpaired) electrons. The van der Waals surface area contributed by atoms with Crippen LogP contribution in [0.25, 0.3) is 0 Å². The van der Waals surface area contributed by atoms with E-state index >= 15 is 0 Å². The molecule has 0 aliphatic rings. The van der Waals surface area contributed by atoms with Crippen molar-refractivity contribution in [3.8, 4) is 0 Å². The van der Waals surface area contributed by atoms with Crippen LogP contribution in [-0.4, -0.2) is 5.11 Å². The molecular formula is C9H12O. The third-order valence-electron chi connectivity index (χ3n) is 0.891. The maximum Gasteiger partial charge on any atom is 0.114 e. The highest BCUT2D eigenvalue weighted by molar-refractivity contribution is 5.17. The van der Waals surface area contributed by atoms with Gasteiger partial charge in [0.05, 0.1) is 0 Å². The predicted molar refractivity (Wildman–Crippen MR) is 44.9 cm³/mol. The molecule has 0 aliphatic heterocycles. The van der Waals surface area contributed by atoms with Crippen LogP contribution in [0.15, 0.2) is 48.8 Å². The molecule has 0 atom stereocenters. The minimum absolute atomic E-state index is 0.181. The number of aliphatic hydroxyl groups excluding tert-OH is 1. The normalized spacial score (nSPS) is 13.1. The van der Waals surface area contributed by atoms with E-state index in [0.29, 0.717) is 0 Å². The molecule has 0 heterocycles. The lowest BCUT2D eigenvalue weighted by atomic mass is 10.4. The van der Waals surface area contributed by atoms with E-state index < -0.39 is 0 Å². The second-order valence-corrected chi connectivity index (χ2v) is 1.71. The summed E-state index contributed by atoms with van der Waals surface area (Å²) in [5.74, 6) is 0.181. The molecule has 0 aliphatic carbocycles. The van der Waals surface area contributed by atoms with Gasteiger partial charge in [0.25, 0.3) is 0 Å². The van der Waals surface area contributed by atoms with Crippen LogP contribution in [0.5, 0.6) is 0 Å². The van der Waals surface area contributed by atoms with Crippen LogP contribution < -0.4 is 0 Å². The molecule has 0 aromatic heterocycles. The summed E-state index contributed by atoms with van der Waals surface area (Å²) in [4.78, 5) is 0. The molecule has 0 aromatic carbocycles. The third-order valence-corrected chi connectivity index (χ3v) is 0.891. The van der Waals surface area contributed by atoms with Crippen molar-refractivity contribution in [1.82, 2.24) is 0 Å². The van der Waals surface area contributed by atoms with Crippen LogP contribution in [0.1, 0.15) is 6.92 Å². The number of hydrogen-bond acceptors (Lipinski definition) is 1. The molecule has 0 bridgehead atoms. The number of hydrogen-bond donors (Lipinski definition) is 1. The van der Waals surface area contributed by atoms with Gasteiger partial charge >= 0.3 is 0 Å². The van der Waals surface area contributed by atoms with Gasteiger partial charge in [0, 0.05) is 0 Å². The Kier molecular flexibility index (Phi) is 5.16. The maximum atomic E-state index is 8.82. The van der Waals surface area contributed by atoms with Crippen LogP contribution in [0.4, 0.5) is 0 Å². The quantitative estimate of drug-likeness (QED) is 0.467. The Morgan fingerprint density at radius 3 is 2.50 bits per heavy atom. The van der Waals surface area contributed by atoms with Gasteiger partial charge < -0.3 is 5.11 Å². The fourth-order valence-corrected chi connectivity index (χ4v) is 0.397. The molecule has 0 aromatic rings. The summed E-state index contributed by atoms with van der Waals surface area (Å²) in [6.07, 6.45) is 10.3. The average molecular weight is 136 g/mol. The minimum atomic E-state index is 0.181. The molecule has 1 nitrogen and oxygen atoms in total. The highest BCUT2D eigenvalue weighted by Crippen LogP contribution is 1.88. The highest BCUT2D eigenvalue weighted by Gasteiger charge is 1.74. The summed E-state index contributed by atoms with van der Waals surface area (Å²) in [5.41, 5.74) is 0. The smallest absolute Gasteiger partial charge is 0.114 e. The Morgan fingerprint density at radius 2 is 2.00 bits per heavy atom. The van der Waals surface area contributed by atoms with Crippen LogP contribution in [-0.2, 0) is 0 Å². The van der Waals surface area contributed by atoms with Crippen LogP contribution in [0.2, 0.25) is 0 Å². The molecule has 0 spiro atoms. The van der Waals surface area contributed by atoms with Crippen molar-refractivity contribution in [2.45, 2.75) is 6.92 Å². The second kappa shape index (κ2) is 5.89. The van der Waals surface area contributed by atoms with Crippen LogP contribution in [0.3, 0.4) is 0 Å². The first-order valence-electron chi connectivity index (χ1n) is 3.12. The van der Waals surface area contributed by atoms with Crippen molar-refractivity contribution >= 4 is 0 Å². The van der Waals surface area contributed by atoms with E-state index in [1.165, 1.54) is 6.08 Å². The number of allylic oxidation sites excluding steroid dienone is 6. The molecule has 0 rings (SSSR count). The Labute approximate surface area is 61.7 Å². The first-order valence-corrected chi connectivity index (χ1v) is 3.12. The van der Waals surface area contributed by atoms with Gasteiger partial charge in [-0.25, -0.2) is 0 Å². The predicted octanol–water partition coefficient (Wildman–Crippen LogP) is 2.75. The minimum Gasteiger partial charge on any atom is -0.508 e. The van der Waals surface area contributed by atoms with Crippen molar-refractivity contribution in [3.05, 3.63) is 48.8 Å². The van der Waals surface area contributed by atoms with E-state index in [4.69, 9.17) is 5.11 Å². The van der Waals surface area contributed by atoms with Gasteiger partial charge in [0.2, 0.25) is 0 Å². The monoisotopic (exact) mass is 136 g/mol. The van der Waals surface area contributed by atoms with Crippen molar-refractivity contribution in [1.29, 1.82) is 0 Å². The SMILES string of the molecule is C=C/C(O)=C/C=C/C=C/C. The van der Waals surface area contributed by atoms with Crippen molar-refractivity contribution in [2.75, 3.05) is 0 Å². The van der Waals surface area contributed by atoms with E-state index in [2.05, 4.69) is 6.58 Å². The largest absolute Gasteiger partial charge is 0.508 e. The van der Waals surface area contributed by atoms with Gasteiger partial charge in [-0.3, -0.25) is 0 Å². The van der Waals surface area contributed by atoms with Gasteiger partial charge in [0.15, 0.2) is 0 Å². The fourth-order valence-electron chi connectivity index (χ4n) is 0.397. The van der Waals surface area contributed by atoms with E-state index in [9.17, 15) is 0 Å². The summed E-state index contributed by atoms with van der Waals surface area (Å²) < 4.78 is 0. The molecule has 0 fully saturated rings. The summed E-state index contributed by atoms with van der Waals surface area (Å²) >= 11 is 0. The van der Waals surface area contributed by atoms with Gasteiger partial charge in [0.1, 0.15) is 5.76 Å². The zero-order valence-corrected chi connectivity index (χ0v) is 6.12. The summed E-state index contributed by atoms with van der Waals surface area (Å²) in [6.45, 7) is 5.32. The summed E-state index contributed by atoms with van der Waals surface area (Å²) in [5, 5.41) is 8.82. The molecule has 1 N–H and O–H groups in total. The van der Waals surface area contributed by atoms with E-state index in [1.807, 2.05) is 25.2 Å². The molecule has 0 saturated carbocycles. The Balaban J connectivity index is 3.81. The maximum absolute atomic E-state index is 8.82. The van der Waals surface area contributed by atoms with E-state index in [0.717, 1.165) is 0 Å². The Bertz CT molecular complexity index is 173. The number of aliphatic hydroxyl groups is 1. The van der Waals surface area contributed by atoms with Gasteiger partial charge in [-0.2, -0.15) is 0 Å². The number of rotatable bonds is 3. The molecule has 1 heteroatoms. The van der Waals surface area contributed by atoms with Crippen molar-refractivity contribution in [2.24, 2.45) is 0 Å². The lowest BCUT2D eigenvalue weighted by Crippen LogP contribution is -1.67. The van der Waals surface area contributed by atoms with Gasteiger partial charge in [-0.05, 0) is 19.1 Å². The zero-order chi connectivity index (χ0) is 7.82. The lowest BCUT2D eigenvalue weighted by Gasteiger charge is -1.82. The van der Waals surface area contributed by atoms with E-state index in [-0.39, 0.29) is 5.76 Å². The van der Waals surface area contributed by atoms with E-state index in [1.54, 1.807) is 12.2 Å². The molecule has 0 unspecified atom stereocenters. The Hall–Kier alpha value is -1.24. The van der Waals surface area contributed by atoms with Crippen molar-refractivity contribution < 1.29 is 5.11 Å². The summed E-state index contributed by atoms with van der Waals surface area (Å²) in [7, 11) is 0. The third kappa shape index (κ3) is 4.91. The molecule has 54 valence electrons. The standard InChI is InChI=1S/C9H12O/c1-3-5-6-7-8-9(10)4-2/h3-8,10H,2H2,1H3/b5-3+,7-6+,9-8-. The fraction of sp³-hybridized carbons (Fsp3) is 0.111. The molecule has 0 saturated heterocycles. The molecular weight excluding hydrogens is 124 g/mol.